The highest BCUT2D eigenvalue weighted by atomic mass is 16.5. The zero-order chi connectivity index (χ0) is 8.81. The van der Waals surface area contributed by atoms with Gasteiger partial charge in [0.15, 0.2) is 12.4 Å². The molecule has 1 aromatic carbocycles. The third-order valence-corrected chi connectivity index (χ3v) is 1.36. The van der Waals surface area contributed by atoms with Crippen molar-refractivity contribution >= 4 is 12.3 Å². The van der Waals surface area contributed by atoms with E-state index in [4.69, 9.17) is 0 Å². The Hall–Kier alpha value is -1.64. The highest BCUT2D eigenvalue weighted by Crippen LogP contribution is 1.99. The standard InChI is InChI=1S/C9H7O3/c10-7-12-6-9(11)8-4-2-1-3-5-8/h1-5H,6H2. The molecule has 1 aromatic rings. The zero-order valence-electron chi connectivity index (χ0n) is 6.32. The van der Waals surface area contributed by atoms with Gasteiger partial charge in [-0.05, 0) is 0 Å². The molecule has 0 bridgehead atoms. The largest absolute Gasteiger partial charge is 0.449 e. The molecule has 0 N–H and O–H groups in total. The van der Waals surface area contributed by atoms with Crippen molar-refractivity contribution in [1.29, 1.82) is 0 Å². The van der Waals surface area contributed by atoms with Crippen molar-refractivity contribution in [1.82, 2.24) is 0 Å². The second kappa shape index (κ2) is 4.28. The van der Waals surface area contributed by atoms with Crippen LogP contribution in [-0.2, 0) is 9.53 Å². The number of benzene rings is 1. The van der Waals surface area contributed by atoms with Crippen LogP contribution in [0.15, 0.2) is 30.3 Å². The smallest absolute Gasteiger partial charge is 0.417 e. The van der Waals surface area contributed by atoms with Crippen molar-refractivity contribution in [3.05, 3.63) is 35.9 Å². The lowest BCUT2D eigenvalue weighted by atomic mass is 10.1. The van der Waals surface area contributed by atoms with Crippen LogP contribution in [0, 0.1) is 0 Å². The van der Waals surface area contributed by atoms with Crippen molar-refractivity contribution in [3.8, 4) is 0 Å². The van der Waals surface area contributed by atoms with Gasteiger partial charge in [0.25, 0.3) is 0 Å². The topological polar surface area (TPSA) is 43.4 Å². The molecule has 0 aliphatic carbocycles. The molecular weight excluding hydrogens is 156 g/mol. The summed E-state index contributed by atoms with van der Waals surface area (Å²) in [5.41, 5.74) is 0.535. The van der Waals surface area contributed by atoms with E-state index in [1.54, 1.807) is 24.3 Å². The van der Waals surface area contributed by atoms with Crippen LogP contribution < -0.4 is 0 Å². The molecule has 12 heavy (non-hydrogen) atoms. The lowest BCUT2D eigenvalue weighted by Crippen LogP contribution is -2.07. The van der Waals surface area contributed by atoms with E-state index >= 15 is 0 Å². The third kappa shape index (κ3) is 2.20. The first-order chi connectivity index (χ1) is 5.84. The van der Waals surface area contributed by atoms with E-state index in [9.17, 15) is 9.59 Å². The Morgan fingerprint density at radius 2 is 2.00 bits per heavy atom. The first kappa shape index (κ1) is 8.46. The Bertz CT molecular complexity index is 266. The van der Waals surface area contributed by atoms with Crippen LogP contribution in [-0.4, -0.2) is 18.9 Å². The van der Waals surface area contributed by atoms with Gasteiger partial charge >= 0.3 is 6.47 Å². The first-order valence-corrected chi connectivity index (χ1v) is 3.42. The average Bonchev–Trinajstić information content (AvgIpc) is 2.15. The molecule has 0 spiro atoms. The zero-order valence-corrected chi connectivity index (χ0v) is 6.32. The van der Waals surface area contributed by atoms with Crippen LogP contribution in [0.5, 0.6) is 0 Å². The first-order valence-electron chi connectivity index (χ1n) is 3.42. The summed E-state index contributed by atoms with van der Waals surface area (Å²) in [5.74, 6) is -0.223. The lowest BCUT2D eigenvalue weighted by molar-refractivity contribution is 0.0909. The molecule has 3 heteroatoms. The van der Waals surface area contributed by atoms with Gasteiger partial charge in [0.05, 0.1) is 0 Å². The summed E-state index contributed by atoms with van der Waals surface area (Å²) in [6.07, 6.45) is 0. The molecular formula is C9H7O3. The number of hydrogen-bond acceptors (Lipinski definition) is 3. The van der Waals surface area contributed by atoms with E-state index in [1.807, 2.05) is 6.07 Å². The second-order valence-corrected chi connectivity index (χ2v) is 2.16. The minimum Gasteiger partial charge on any atom is -0.449 e. The van der Waals surface area contributed by atoms with Crippen LogP contribution in [0.25, 0.3) is 0 Å². The molecule has 0 saturated carbocycles. The summed E-state index contributed by atoms with van der Waals surface area (Å²) in [6.45, 7) is 0.955. The van der Waals surface area contributed by atoms with E-state index < -0.39 is 0 Å². The maximum Gasteiger partial charge on any atom is 0.417 e. The summed E-state index contributed by atoms with van der Waals surface area (Å²) in [5, 5.41) is 0. The summed E-state index contributed by atoms with van der Waals surface area (Å²) >= 11 is 0. The van der Waals surface area contributed by atoms with Crippen LogP contribution in [0.3, 0.4) is 0 Å². The molecule has 0 atom stereocenters. The van der Waals surface area contributed by atoms with Gasteiger partial charge in [-0.2, -0.15) is 0 Å². The van der Waals surface area contributed by atoms with Gasteiger partial charge in [-0.1, -0.05) is 30.3 Å². The van der Waals surface area contributed by atoms with Crippen LogP contribution in [0.4, 0.5) is 0 Å². The molecule has 0 amide bonds. The Morgan fingerprint density at radius 1 is 1.33 bits per heavy atom. The number of rotatable bonds is 4. The predicted molar refractivity (Wildman–Crippen MR) is 42.4 cm³/mol. The van der Waals surface area contributed by atoms with Gasteiger partial charge in [0, 0.05) is 5.56 Å². The van der Waals surface area contributed by atoms with E-state index in [0.29, 0.717) is 5.56 Å². The van der Waals surface area contributed by atoms with E-state index in [0.717, 1.165) is 0 Å². The van der Waals surface area contributed by atoms with Crippen molar-refractivity contribution in [2.24, 2.45) is 0 Å². The van der Waals surface area contributed by atoms with E-state index in [2.05, 4.69) is 4.74 Å². The second-order valence-electron chi connectivity index (χ2n) is 2.16. The maximum absolute atomic E-state index is 11.1. The van der Waals surface area contributed by atoms with Crippen molar-refractivity contribution in [2.75, 3.05) is 6.61 Å². The van der Waals surface area contributed by atoms with Gasteiger partial charge in [-0.3, -0.25) is 4.79 Å². The highest BCUT2D eigenvalue weighted by Gasteiger charge is 2.03. The molecule has 0 unspecified atom stereocenters. The highest BCUT2D eigenvalue weighted by molar-refractivity contribution is 5.97. The summed E-state index contributed by atoms with van der Waals surface area (Å²) in [4.78, 5) is 20.7. The van der Waals surface area contributed by atoms with Gasteiger partial charge in [-0.25, -0.2) is 4.79 Å². The van der Waals surface area contributed by atoms with Crippen molar-refractivity contribution in [2.45, 2.75) is 0 Å². The molecule has 0 aromatic heterocycles. The van der Waals surface area contributed by atoms with E-state index in [1.165, 1.54) is 6.47 Å². The van der Waals surface area contributed by atoms with E-state index in [-0.39, 0.29) is 12.4 Å². The Balaban J connectivity index is 2.59. The van der Waals surface area contributed by atoms with Gasteiger partial charge in [0.1, 0.15) is 0 Å². The van der Waals surface area contributed by atoms with Crippen LogP contribution in [0.1, 0.15) is 10.4 Å². The fourth-order valence-electron chi connectivity index (χ4n) is 0.802. The molecule has 61 valence electrons. The fourth-order valence-corrected chi connectivity index (χ4v) is 0.802. The molecule has 0 saturated heterocycles. The molecule has 0 aliphatic rings. The SMILES string of the molecule is O=[C]OCC(=O)c1ccccc1. The molecule has 3 nitrogen and oxygen atoms in total. The Morgan fingerprint density at radius 3 is 2.58 bits per heavy atom. The minimum absolute atomic E-state index is 0.223. The minimum atomic E-state index is -0.243. The number of carbonyl (C=O) groups excluding carboxylic acids is 2. The van der Waals surface area contributed by atoms with Gasteiger partial charge < -0.3 is 4.74 Å². The predicted octanol–water partition coefficient (Wildman–Crippen LogP) is 0.953. The number of Topliss-reactive ketones (excluding diaryl/α,β-unsaturated/α-hetero) is 1. The summed E-state index contributed by atoms with van der Waals surface area (Å²) in [6, 6.07) is 8.63. The lowest BCUT2D eigenvalue weighted by Gasteiger charge is -1.96. The monoisotopic (exact) mass is 163 g/mol. The molecule has 1 rings (SSSR count). The average molecular weight is 163 g/mol. The Labute approximate surface area is 70.0 Å². The quantitative estimate of drug-likeness (QED) is 0.621. The molecule has 0 aliphatic heterocycles. The Kier molecular flexibility index (Phi) is 3.02. The number of ether oxygens (including phenoxy) is 1. The molecule has 1 radical (unpaired) electrons. The summed E-state index contributed by atoms with van der Waals surface area (Å²) in [7, 11) is 0. The van der Waals surface area contributed by atoms with Gasteiger partial charge in [-0.15, -0.1) is 0 Å². The third-order valence-electron chi connectivity index (χ3n) is 1.36. The summed E-state index contributed by atoms with van der Waals surface area (Å²) < 4.78 is 4.19. The van der Waals surface area contributed by atoms with Crippen molar-refractivity contribution < 1.29 is 14.3 Å². The van der Waals surface area contributed by atoms with Crippen molar-refractivity contribution in [3.63, 3.8) is 0 Å². The van der Waals surface area contributed by atoms with Gasteiger partial charge in [0.2, 0.25) is 0 Å². The number of carbonyl (C=O) groups is 1. The fraction of sp³-hybridized carbons (Fsp3) is 0.111. The molecule has 0 heterocycles. The van der Waals surface area contributed by atoms with Crippen LogP contribution in [0.2, 0.25) is 0 Å². The number of ketones is 1. The van der Waals surface area contributed by atoms with Crippen LogP contribution >= 0.6 is 0 Å². The number of hydrogen-bond donors (Lipinski definition) is 0. The maximum atomic E-state index is 11.1. The normalized spacial score (nSPS) is 9.00. The molecule has 0 fully saturated rings.